The summed E-state index contributed by atoms with van der Waals surface area (Å²) in [6.07, 6.45) is 36.6. The Morgan fingerprint density at radius 3 is 1.26 bits per heavy atom. The summed E-state index contributed by atoms with van der Waals surface area (Å²) in [6.45, 7) is 3.02. The van der Waals surface area contributed by atoms with Crippen LogP contribution in [0.4, 0.5) is 0 Å². The molecule has 2 rings (SSSR count). The molecule has 500 valence electrons. The first-order chi connectivity index (χ1) is 42.5. The van der Waals surface area contributed by atoms with E-state index in [1.54, 1.807) is 18.2 Å². The molecule has 0 saturated carbocycles. The number of methoxy groups -OCH3 is 4. The molecule has 0 bridgehead atoms. The second-order valence-electron chi connectivity index (χ2n) is 22.5. The van der Waals surface area contributed by atoms with Gasteiger partial charge in [-0.15, -0.1) is 0 Å². The van der Waals surface area contributed by atoms with Crippen molar-refractivity contribution in [1.29, 1.82) is 0 Å². The third-order valence-corrected chi connectivity index (χ3v) is 16.7. The molecule has 2 amide bonds. The largest absolute Gasteiger partial charge is 0.494 e. The van der Waals surface area contributed by atoms with E-state index in [9.17, 15) is 38.2 Å². The summed E-state index contributed by atoms with van der Waals surface area (Å²) in [7, 11) is 0.397. The number of hydrogen-bond donors (Lipinski definition) is 3. The summed E-state index contributed by atoms with van der Waals surface area (Å²) in [6, 6.07) is 6.13. The number of nitrogens with one attached hydrogen (secondary N) is 2. The van der Waals surface area contributed by atoms with Crippen LogP contribution in [0.5, 0.6) is 11.5 Å². The van der Waals surface area contributed by atoms with Crippen molar-refractivity contribution in [3.8, 4) is 11.5 Å². The lowest BCUT2D eigenvalue weighted by molar-refractivity contribution is -0.161. The Bertz CT molecular complexity index is 2330. The Morgan fingerprint density at radius 2 is 0.875 bits per heavy atom. The standard InChI is InChI=1S/C67H107Cl2N2O16P/c1-7-9-11-13-15-17-19-21-23-25-27-29-31-33-35-39-62(74)84-50-54(87-63(75)40-36-34-32-30-28-26-24-22-20-18-16-14-12-10-8-2)51-86-88(78,79)85-45-44-71-61(73)42-41-60(72)70-43-37-38-55(52-46-56(66(76)82-5)64(80-3)58(68)48-52)53-47-57(67(77)83-6)65(81-4)59(69)49-53/h38,46-49,54H,7-37,39-45,50-51H2,1-6H3,(H,70,72)(H,71,73)(H,78,79)/t54-/m1/s1. The third kappa shape index (κ3) is 36.2. The van der Waals surface area contributed by atoms with Crippen LogP contribution in [0.25, 0.3) is 5.57 Å². The van der Waals surface area contributed by atoms with Gasteiger partial charge in [-0.25, -0.2) is 14.2 Å². The molecular weight excluding hydrogens is 1190 g/mol. The van der Waals surface area contributed by atoms with E-state index in [0.29, 0.717) is 29.5 Å². The Hall–Kier alpha value is -4.71. The highest BCUT2D eigenvalue weighted by molar-refractivity contribution is 7.47. The zero-order valence-corrected chi connectivity index (χ0v) is 56.4. The molecule has 0 aromatic heterocycles. The predicted molar refractivity (Wildman–Crippen MR) is 347 cm³/mol. The first-order valence-electron chi connectivity index (χ1n) is 32.7. The van der Waals surface area contributed by atoms with E-state index in [2.05, 4.69) is 24.5 Å². The Morgan fingerprint density at radius 1 is 0.500 bits per heavy atom. The van der Waals surface area contributed by atoms with Crippen molar-refractivity contribution in [2.24, 2.45) is 0 Å². The molecule has 0 saturated heterocycles. The average Bonchev–Trinajstić information content (AvgIpc) is 2.73. The average molecular weight is 1300 g/mol. The molecule has 1 unspecified atom stereocenters. The Balaban J connectivity index is 1.88. The maximum atomic E-state index is 13.0. The van der Waals surface area contributed by atoms with Crippen LogP contribution in [0.2, 0.25) is 10.0 Å². The maximum Gasteiger partial charge on any atom is 0.472 e. The van der Waals surface area contributed by atoms with Crippen molar-refractivity contribution in [1.82, 2.24) is 10.6 Å². The number of carbonyl (C=O) groups excluding carboxylic acids is 6. The number of carbonyl (C=O) groups is 6. The number of halogens is 2. The minimum absolute atomic E-state index is 0.0303. The number of benzene rings is 2. The van der Waals surface area contributed by atoms with Crippen LogP contribution in [0.1, 0.15) is 270 Å². The lowest BCUT2D eigenvalue weighted by Crippen LogP contribution is -2.30. The van der Waals surface area contributed by atoms with Gasteiger partial charge in [0.1, 0.15) is 17.7 Å². The molecule has 18 nitrogen and oxygen atoms in total. The quantitative estimate of drug-likeness (QED) is 0.0242. The molecule has 3 N–H and O–H groups in total. The van der Waals surface area contributed by atoms with Gasteiger partial charge in [-0.05, 0) is 60.2 Å². The Kier molecular flexibility index (Phi) is 45.1. The number of phosphoric ester groups is 1. The predicted octanol–water partition coefficient (Wildman–Crippen LogP) is 16.5. The minimum atomic E-state index is -4.74. The fraction of sp³-hybridized carbons (Fsp3) is 0.701. The number of rotatable bonds is 54. The number of esters is 4. The smallest absolute Gasteiger partial charge is 0.472 e. The molecule has 21 heteroatoms. The van der Waals surface area contributed by atoms with E-state index in [-0.39, 0.29) is 84.5 Å². The molecular formula is C67H107Cl2N2O16P. The molecule has 2 atom stereocenters. The summed E-state index contributed by atoms with van der Waals surface area (Å²) in [5, 5.41) is 5.48. The maximum absolute atomic E-state index is 13.0. The van der Waals surface area contributed by atoms with Gasteiger partial charge < -0.3 is 43.9 Å². The third-order valence-electron chi connectivity index (χ3n) is 15.1. The van der Waals surface area contributed by atoms with Crippen molar-refractivity contribution in [3.05, 3.63) is 62.6 Å². The van der Waals surface area contributed by atoms with Crippen LogP contribution in [0, 0.1) is 0 Å². The van der Waals surface area contributed by atoms with Gasteiger partial charge >= 0.3 is 31.7 Å². The lowest BCUT2D eigenvalue weighted by atomic mass is 9.93. The summed E-state index contributed by atoms with van der Waals surface area (Å²) >= 11 is 13.2. The van der Waals surface area contributed by atoms with Gasteiger partial charge in [-0.1, -0.05) is 223 Å². The number of phosphoric acid groups is 1. The number of amides is 2. The number of hydrogen-bond acceptors (Lipinski definition) is 15. The second kappa shape index (κ2) is 50.0. The van der Waals surface area contributed by atoms with E-state index in [1.807, 2.05) is 0 Å². The zero-order chi connectivity index (χ0) is 64.6. The van der Waals surface area contributed by atoms with E-state index in [1.165, 1.54) is 182 Å². The summed E-state index contributed by atoms with van der Waals surface area (Å²) in [5.41, 5.74) is 1.36. The summed E-state index contributed by atoms with van der Waals surface area (Å²) in [5.74, 6) is -3.23. The van der Waals surface area contributed by atoms with Gasteiger partial charge in [0.2, 0.25) is 11.8 Å². The molecule has 2 aromatic rings. The van der Waals surface area contributed by atoms with Crippen LogP contribution in [-0.2, 0) is 51.7 Å². The zero-order valence-electron chi connectivity index (χ0n) is 54.0. The van der Waals surface area contributed by atoms with Gasteiger partial charge in [-0.2, -0.15) is 0 Å². The van der Waals surface area contributed by atoms with Crippen LogP contribution in [0.15, 0.2) is 30.3 Å². The van der Waals surface area contributed by atoms with Crippen molar-refractivity contribution in [2.75, 3.05) is 61.3 Å². The van der Waals surface area contributed by atoms with Gasteiger partial charge in [0.25, 0.3) is 0 Å². The molecule has 0 radical (unpaired) electrons. The van der Waals surface area contributed by atoms with E-state index in [4.69, 9.17) is 60.7 Å². The van der Waals surface area contributed by atoms with Crippen molar-refractivity contribution in [2.45, 2.75) is 245 Å². The number of ether oxygens (including phenoxy) is 6. The van der Waals surface area contributed by atoms with Crippen molar-refractivity contribution >= 4 is 72.3 Å². The SMILES string of the molecule is CCCCCCCCCCCCCCCCCC(=O)OC[C@H](COP(=O)(O)OCCNC(=O)CCC(=O)NCCC=C(c1cc(Cl)c(OC)c(C(=O)OC)c1)c1cc(Cl)c(OC)c(C(=O)OC)c1)OC(=O)CCCCCCCCCCCCCCCCC. The van der Waals surface area contributed by atoms with Crippen LogP contribution in [-0.4, -0.2) is 108 Å². The van der Waals surface area contributed by atoms with Crippen LogP contribution >= 0.6 is 31.0 Å². The molecule has 0 aliphatic heterocycles. The topological polar surface area (TPSA) is 238 Å². The van der Waals surface area contributed by atoms with Gasteiger partial charge in [0, 0.05) is 38.8 Å². The summed E-state index contributed by atoms with van der Waals surface area (Å²) in [4.78, 5) is 87.4. The number of unbranched alkanes of at least 4 members (excludes halogenated alkanes) is 28. The van der Waals surface area contributed by atoms with Crippen LogP contribution in [0.3, 0.4) is 0 Å². The lowest BCUT2D eigenvalue weighted by Gasteiger charge is -2.20. The van der Waals surface area contributed by atoms with Crippen LogP contribution < -0.4 is 20.1 Å². The molecule has 2 aromatic carbocycles. The monoisotopic (exact) mass is 1300 g/mol. The van der Waals surface area contributed by atoms with E-state index < -0.39 is 62.8 Å². The first-order valence-corrected chi connectivity index (χ1v) is 34.9. The van der Waals surface area contributed by atoms with E-state index >= 15 is 0 Å². The highest BCUT2D eigenvalue weighted by Crippen LogP contribution is 2.43. The molecule has 0 spiro atoms. The first kappa shape index (κ1) is 79.4. The van der Waals surface area contributed by atoms with Gasteiger partial charge in [0.15, 0.2) is 17.6 Å². The minimum Gasteiger partial charge on any atom is -0.494 e. The second-order valence-corrected chi connectivity index (χ2v) is 24.7. The van der Waals surface area contributed by atoms with Gasteiger partial charge in [0.05, 0.1) is 51.7 Å². The summed E-state index contributed by atoms with van der Waals surface area (Å²) < 4.78 is 55.0. The highest BCUT2D eigenvalue weighted by atomic mass is 35.5. The normalized spacial score (nSPS) is 12.1. The van der Waals surface area contributed by atoms with Crippen molar-refractivity contribution in [3.63, 3.8) is 0 Å². The molecule has 0 aliphatic carbocycles. The van der Waals surface area contributed by atoms with Crippen molar-refractivity contribution < 1.29 is 75.7 Å². The molecule has 0 heterocycles. The highest BCUT2D eigenvalue weighted by Gasteiger charge is 2.27. The fourth-order valence-electron chi connectivity index (χ4n) is 10.1. The molecule has 88 heavy (non-hydrogen) atoms. The molecule has 0 fully saturated rings. The fourth-order valence-corrected chi connectivity index (χ4v) is 11.5. The Labute approximate surface area is 536 Å². The van der Waals surface area contributed by atoms with E-state index in [0.717, 1.165) is 38.5 Å². The molecule has 0 aliphatic rings. The van der Waals surface area contributed by atoms with Gasteiger partial charge in [-0.3, -0.25) is 28.2 Å².